The quantitative estimate of drug-likeness (QED) is 0.879. The second kappa shape index (κ2) is 4.52. The summed E-state index contributed by atoms with van der Waals surface area (Å²) >= 11 is 3.41. The van der Waals surface area contributed by atoms with Crippen LogP contribution in [0.1, 0.15) is 33.3 Å². The van der Waals surface area contributed by atoms with Gasteiger partial charge in [-0.15, -0.1) is 0 Å². The van der Waals surface area contributed by atoms with Crippen molar-refractivity contribution in [2.24, 2.45) is 5.41 Å². The number of hydrogen-bond acceptors (Lipinski definition) is 2. The van der Waals surface area contributed by atoms with Crippen molar-refractivity contribution in [3.63, 3.8) is 0 Å². The number of halogens is 1. The third kappa shape index (κ3) is 3.49. The third-order valence-electron chi connectivity index (χ3n) is 2.70. The number of nitrogens with zero attached hydrogens (tertiary/aromatic N) is 1. The van der Waals surface area contributed by atoms with Gasteiger partial charge in [0.05, 0.1) is 0 Å². The highest BCUT2D eigenvalue weighted by Crippen LogP contribution is 2.24. The van der Waals surface area contributed by atoms with E-state index in [9.17, 15) is 0 Å². The first-order valence-corrected chi connectivity index (χ1v) is 5.98. The number of hydrogen-bond donors (Lipinski definition) is 1. The molecular weight excluding hydrogens is 252 g/mol. The Morgan fingerprint density at radius 3 is 2.47 bits per heavy atom. The molecule has 1 rings (SSSR count). The molecule has 0 aliphatic heterocycles. The molecule has 1 aromatic heterocycles. The van der Waals surface area contributed by atoms with E-state index in [1.54, 1.807) is 0 Å². The molecule has 84 valence electrons. The smallest absolute Gasteiger partial charge is 0.129 e. The van der Waals surface area contributed by atoms with Crippen molar-refractivity contribution in [2.75, 3.05) is 5.32 Å². The molecule has 1 unspecified atom stereocenters. The maximum Gasteiger partial charge on any atom is 0.129 e. The summed E-state index contributed by atoms with van der Waals surface area (Å²) in [5.41, 5.74) is 1.40. The molecule has 0 aliphatic rings. The SMILES string of the molecule is Cc1cc(Br)cnc1NC(C)C(C)(C)C. The minimum Gasteiger partial charge on any atom is -0.367 e. The van der Waals surface area contributed by atoms with Crippen molar-refractivity contribution in [1.29, 1.82) is 0 Å². The molecule has 1 N–H and O–H groups in total. The van der Waals surface area contributed by atoms with Gasteiger partial charge in [0.2, 0.25) is 0 Å². The lowest BCUT2D eigenvalue weighted by Crippen LogP contribution is -2.31. The minimum absolute atomic E-state index is 0.237. The summed E-state index contributed by atoms with van der Waals surface area (Å²) in [5.74, 6) is 0.973. The highest BCUT2D eigenvalue weighted by atomic mass is 79.9. The zero-order valence-electron chi connectivity index (χ0n) is 10.1. The molecule has 0 fully saturated rings. The van der Waals surface area contributed by atoms with Gasteiger partial charge in [0.25, 0.3) is 0 Å². The van der Waals surface area contributed by atoms with Crippen LogP contribution >= 0.6 is 15.9 Å². The number of rotatable bonds is 2. The first kappa shape index (κ1) is 12.5. The van der Waals surface area contributed by atoms with E-state index in [-0.39, 0.29) is 5.41 Å². The summed E-state index contributed by atoms with van der Waals surface area (Å²) in [5, 5.41) is 3.45. The highest BCUT2D eigenvalue weighted by Gasteiger charge is 2.20. The summed E-state index contributed by atoms with van der Waals surface area (Å²) < 4.78 is 1.02. The Morgan fingerprint density at radius 2 is 2.00 bits per heavy atom. The lowest BCUT2D eigenvalue weighted by atomic mass is 9.88. The standard InChI is InChI=1S/C12H19BrN2/c1-8-6-10(13)7-14-11(8)15-9(2)12(3,4)5/h6-7,9H,1-5H3,(H,14,15). The lowest BCUT2D eigenvalue weighted by molar-refractivity contribution is 0.358. The lowest BCUT2D eigenvalue weighted by Gasteiger charge is -2.29. The van der Waals surface area contributed by atoms with Crippen molar-refractivity contribution in [3.8, 4) is 0 Å². The van der Waals surface area contributed by atoms with E-state index < -0.39 is 0 Å². The molecule has 0 spiro atoms. The maximum absolute atomic E-state index is 4.37. The van der Waals surface area contributed by atoms with E-state index in [2.05, 4.69) is 66.9 Å². The van der Waals surface area contributed by atoms with Gasteiger partial charge in [-0.2, -0.15) is 0 Å². The van der Waals surface area contributed by atoms with E-state index in [0.29, 0.717) is 6.04 Å². The molecular formula is C12H19BrN2. The Bertz CT molecular complexity index is 342. The first-order valence-electron chi connectivity index (χ1n) is 5.19. The molecule has 15 heavy (non-hydrogen) atoms. The monoisotopic (exact) mass is 270 g/mol. The van der Waals surface area contributed by atoms with E-state index in [4.69, 9.17) is 0 Å². The van der Waals surface area contributed by atoms with Gasteiger partial charge in [-0.1, -0.05) is 20.8 Å². The summed E-state index contributed by atoms with van der Waals surface area (Å²) in [4.78, 5) is 4.37. The second-order valence-corrected chi connectivity index (χ2v) is 5.97. The topological polar surface area (TPSA) is 24.9 Å². The molecule has 0 aromatic carbocycles. The van der Waals surface area contributed by atoms with Gasteiger partial charge in [-0.05, 0) is 46.8 Å². The fourth-order valence-corrected chi connectivity index (χ4v) is 1.56. The molecule has 0 saturated carbocycles. The van der Waals surface area contributed by atoms with Crippen molar-refractivity contribution in [1.82, 2.24) is 4.98 Å². The van der Waals surface area contributed by atoms with Gasteiger partial charge in [0.1, 0.15) is 5.82 Å². The number of aryl methyl sites for hydroxylation is 1. The predicted octanol–water partition coefficient (Wildman–Crippen LogP) is 4.00. The van der Waals surface area contributed by atoms with Crippen molar-refractivity contribution < 1.29 is 0 Å². The maximum atomic E-state index is 4.37. The van der Waals surface area contributed by atoms with Crippen molar-refractivity contribution >= 4 is 21.7 Å². The van der Waals surface area contributed by atoms with Crippen LogP contribution in [-0.4, -0.2) is 11.0 Å². The molecule has 0 amide bonds. The van der Waals surface area contributed by atoms with Crippen molar-refractivity contribution in [2.45, 2.75) is 40.7 Å². The first-order chi connectivity index (χ1) is 6.80. The molecule has 0 saturated heterocycles. The number of nitrogens with one attached hydrogen (secondary N) is 1. The highest BCUT2D eigenvalue weighted by molar-refractivity contribution is 9.10. The normalized spacial score (nSPS) is 13.7. The molecule has 2 nitrogen and oxygen atoms in total. The number of pyridine rings is 1. The van der Waals surface area contributed by atoms with Gasteiger partial charge in [-0.3, -0.25) is 0 Å². The predicted molar refractivity (Wildman–Crippen MR) is 69.2 cm³/mol. The average Bonchev–Trinajstić information content (AvgIpc) is 2.08. The molecule has 1 heterocycles. The molecule has 0 radical (unpaired) electrons. The Kier molecular flexibility index (Phi) is 3.77. The van der Waals surface area contributed by atoms with E-state index >= 15 is 0 Å². The van der Waals surface area contributed by atoms with Gasteiger partial charge < -0.3 is 5.32 Å². The Labute approximate surface area is 101 Å². The Balaban J connectivity index is 2.82. The summed E-state index contributed by atoms with van der Waals surface area (Å²) in [6, 6.07) is 2.47. The fraction of sp³-hybridized carbons (Fsp3) is 0.583. The van der Waals surface area contributed by atoms with Crippen LogP contribution < -0.4 is 5.32 Å². The zero-order valence-corrected chi connectivity index (χ0v) is 11.6. The fourth-order valence-electron chi connectivity index (χ4n) is 1.11. The van der Waals surface area contributed by atoms with Crippen LogP contribution in [0.5, 0.6) is 0 Å². The largest absolute Gasteiger partial charge is 0.367 e. The van der Waals surface area contributed by atoms with Gasteiger partial charge in [-0.25, -0.2) is 4.98 Å². The summed E-state index contributed by atoms with van der Waals surface area (Å²) in [7, 11) is 0. The Morgan fingerprint density at radius 1 is 1.40 bits per heavy atom. The van der Waals surface area contributed by atoms with Crippen LogP contribution in [0.25, 0.3) is 0 Å². The van der Waals surface area contributed by atoms with Crippen LogP contribution in [0.15, 0.2) is 16.7 Å². The van der Waals surface area contributed by atoms with Gasteiger partial charge in [0.15, 0.2) is 0 Å². The summed E-state index contributed by atoms with van der Waals surface area (Å²) in [6.45, 7) is 10.9. The summed E-state index contributed by atoms with van der Waals surface area (Å²) in [6.07, 6.45) is 1.82. The number of aromatic nitrogens is 1. The molecule has 1 atom stereocenters. The van der Waals surface area contributed by atoms with Crippen LogP contribution in [-0.2, 0) is 0 Å². The molecule has 0 aliphatic carbocycles. The molecule has 3 heteroatoms. The average molecular weight is 271 g/mol. The number of anilines is 1. The van der Waals surface area contributed by atoms with E-state index in [0.717, 1.165) is 10.3 Å². The minimum atomic E-state index is 0.237. The van der Waals surface area contributed by atoms with Crippen LogP contribution in [0.2, 0.25) is 0 Å². The molecule has 1 aromatic rings. The van der Waals surface area contributed by atoms with E-state index in [1.807, 2.05) is 6.20 Å². The third-order valence-corrected chi connectivity index (χ3v) is 3.13. The van der Waals surface area contributed by atoms with E-state index in [1.165, 1.54) is 5.56 Å². The van der Waals surface area contributed by atoms with Crippen LogP contribution in [0, 0.1) is 12.3 Å². The molecule has 0 bridgehead atoms. The van der Waals surface area contributed by atoms with Gasteiger partial charge in [0, 0.05) is 16.7 Å². The van der Waals surface area contributed by atoms with Crippen LogP contribution in [0.4, 0.5) is 5.82 Å². The Hall–Kier alpha value is -0.570. The van der Waals surface area contributed by atoms with Crippen LogP contribution in [0.3, 0.4) is 0 Å². The van der Waals surface area contributed by atoms with Crippen molar-refractivity contribution in [3.05, 3.63) is 22.3 Å². The zero-order chi connectivity index (χ0) is 11.6. The van der Waals surface area contributed by atoms with Gasteiger partial charge >= 0.3 is 0 Å². The second-order valence-electron chi connectivity index (χ2n) is 5.05.